The molecule has 0 heterocycles. The summed E-state index contributed by atoms with van der Waals surface area (Å²) in [5, 5.41) is 9.88. The molecular weight excluding hydrogens is 196 g/mol. The molecule has 1 heteroatoms. The van der Waals surface area contributed by atoms with Gasteiger partial charge in [-0.2, -0.15) is 0 Å². The highest BCUT2D eigenvalue weighted by molar-refractivity contribution is 5.17. The molecule has 0 saturated carbocycles. The predicted octanol–water partition coefficient (Wildman–Crippen LogP) is 3.86. The first-order valence-corrected chi connectivity index (χ1v) is 6.22. The molecule has 0 aliphatic heterocycles. The van der Waals surface area contributed by atoms with Gasteiger partial charge in [0.15, 0.2) is 0 Å². The third-order valence-electron chi connectivity index (χ3n) is 3.44. The van der Waals surface area contributed by atoms with Crippen molar-refractivity contribution in [3.05, 3.63) is 36.5 Å². The van der Waals surface area contributed by atoms with Crippen molar-refractivity contribution in [1.82, 2.24) is 0 Å². The molecule has 0 unspecified atom stereocenters. The monoisotopic (exact) mass is 220 g/mol. The molecule has 1 rings (SSSR count). The van der Waals surface area contributed by atoms with Crippen molar-refractivity contribution < 1.29 is 5.11 Å². The fourth-order valence-corrected chi connectivity index (χ4v) is 2.04. The number of allylic oxidation sites excluding steroid dienone is 3. The van der Waals surface area contributed by atoms with Gasteiger partial charge in [-0.3, -0.25) is 0 Å². The van der Waals surface area contributed by atoms with Gasteiger partial charge < -0.3 is 5.11 Å². The first-order chi connectivity index (χ1) is 7.50. The Morgan fingerprint density at radius 3 is 2.56 bits per heavy atom. The third-order valence-corrected chi connectivity index (χ3v) is 3.44. The Bertz CT molecular complexity index is 286. The fraction of sp³-hybridized carbons (Fsp3) is 0.600. The molecular formula is C15H24O. The van der Waals surface area contributed by atoms with Crippen molar-refractivity contribution >= 4 is 0 Å². The van der Waals surface area contributed by atoms with Crippen LogP contribution in [0, 0.1) is 11.8 Å². The molecule has 1 nitrogen and oxygen atoms in total. The minimum atomic E-state index is -0.351. The van der Waals surface area contributed by atoms with Gasteiger partial charge in [0.2, 0.25) is 0 Å². The van der Waals surface area contributed by atoms with Crippen LogP contribution in [-0.4, -0.2) is 11.2 Å². The van der Waals surface area contributed by atoms with E-state index in [1.54, 1.807) is 0 Å². The van der Waals surface area contributed by atoms with Gasteiger partial charge in [-0.25, -0.2) is 0 Å². The lowest BCUT2D eigenvalue weighted by Crippen LogP contribution is -2.13. The largest absolute Gasteiger partial charge is 0.389 e. The molecule has 2 atom stereocenters. The number of aliphatic hydroxyl groups is 1. The van der Waals surface area contributed by atoms with Crippen molar-refractivity contribution in [1.29, 1.82) is 0 Å². The van der Waals surface area contributed by atoms with Gasteiger partial charge in [-0.05, 0) is 43.1 Å². The number of hydrogen-bond donors (Lipinski definition) is 1. The zero-order valence-electron chi connectivity index (χ0n) is 10.6. The van der Waals surface area contributed by atoms with Crippen LogP contribution in [0.1, 0.15) is 39.5 Å². The van der Waals surface area contributed by atoms with Crippen molar-refractivity contribution in [2.24, 2.45) is 11.8 Å². The maximum Gasteiger partial charge on any atom is 0.0750 e. The van der Waals surface area contributed by atoms with Crippen LogP contribution in [0.15, 0.2) is 36.5 Å². The molecule has 0 aromatic carbocycles. The van der Waals surface area contributed by atoms with Crippen molar-refractivity contribution in [2.45, 2.75) is 45.6 Å². The third kappa shape index (κ3) is 3.97. The predicted molar refractivity (Wildman–Crippen MR) is 70.2 cm³/mol. The highest BCUT2D eigenvalue weighted by atomic mass is 16.3. The normalized spacial score (nSPS) is 30.5. The summed E-state index contributed by atoms with van der Waals surface area (Å²) < 4.78 is 0. The van der Waals surface area contributed by atoms with Crippen molar-refractivity contribution in [3.63, 3.8) is 0 Å². The van der Waals surface area contributed by atoms with E-state index >= 15 is 0 Å². The Labute approximate surface area is 99.6 Å². The quantitative estimate of drug-likeness (QED) is 0.665. The molecule has 0 radical (unpaired) electrons. The van der Waals surface area contributed by atoms with Crippen LogP contribution in [0.5, 0.6) is 0 Å². The first-order valence-electron chi connectivity index (χ1n) is 6.22. The molecule has 90 valence electrons. The summed E-state index contributed by atoms with van der Waals surface area (Å²) in [6.07, 6.45) is 7.69. The molecule has 0 amide bonds. The van der Waals surface area contributed by atoms with Crippen LogP contribution in [0.3, 0.4) is 0 Å². The average molecular weight is 220 g/mol. The lowest BCUT2D eigenvalue weighted by molar-refractivity contribution is 0.195. The van der Waals surface area contributed by atoms with Gasteiger partial charge in [0.05, 0.1) is 6.10 Å². The highest BCUT2D eigenvalue weighted by Crippen LogP contribution is 2.25. The lowest BCUT2D eigenvalue weighted by atomic mass is 9.86. The van der Waals surface area contributed by atoms with Crippen molar-refractivity contribution in [3.8, 4) is 0 Å². The standard InChI is InChI=1S/C15H24O/c1-11(2)14-8-5-12(3)6-10-15(16)13(4)7-9-14/h5,8,11,14-16H,3-4,6-7,9-10H2,1-2H3/b8-5-/t14-,15+/m1/s1. The van der Waals surface area contributed by atoms with Crippen LogP contribution >= 0.6 is 0 Å². The Balaban J connectivity index is 2.75. The topological polar surface area (TPSA) is 20.2 Å². The van der Waals surface area contributed by atoms with E-state index in [4.69, 9.17) is 0 Å². The van der Waals surface area contributed by atoms with Gasteiger partial charge >= 0.3 is 0 Å². The van der Waals surface area contributed by atoms with Crippen LogP contribution in [0.25, 0.3) is 0 Å². The molecule has 0 fully saturated rings. The van der Waals surface area contributed by atoms with Crippen LogP contribution in [0.2, 0.25) is 0 Å². The van der Waals surface area contributed by atoms with E-state index < -0.39 is 0 Å². The summed E-state index contributed by atoms with van der Waals surface area (Å²) in [6.45, 7) is 12.5. The van der Waals surface area contributed by atoms with E-state index in [2.05, 4.69) is 39.2 Å². The van der Waals surface area contributed by atoms with E-state index in [1.807, 2.05) is 0 Å². The average Bonchev–Trinajstić information content (AvgIpc) is 2.23. The second-order valence-electron chi connectivity index (χ2n) is 5.18. The van der Waals surface area contributed by atoms with Gasteiger partial charge in [0, 0.05) is 0 Å². The Morgan fingerprint density at radius 2 is 1.94 bits per heavy atom. The van der Waals surface area contributed by atoms with Crippen LogP contribution in [-0.2, 0) is 0 Å². The van der Waals surface area contributed by atoms with Gasteiger partial charge in [0.1, 0.15) is 0 Å². The molecule has 16 heavy (non-hydrogen) atoms. The summed E-state index contributed by atoms with van der Waals surface area (Å²) in [4.78, 5) is 0. The summed E-state index contributed by atoms with van der Waals surface area (Å²) in [7, 11) is 0. The second kappa shape index (κ2) is 6.05. The smallest absolute Gasteiger partial charge is 0.0750 e. The van der Waals surface area contributed by atoms with Gasteiger partial charge in [-0.1, -0.05) is 44.7 Å². The van der Waals surface area contributed by atoms with Gasteiger partial charge in [-0.15, -0.1) is 0 Å². The molecule has 1 aliphatic carbocycles. The summed E-state index contributed by atoms with van der Waals surface area (Å²) >= 11 is 0. The maximum absolute atomic E-state index is 9.88. The summed E-state index contributed by atoms with van der Waals surface area (Å²) in [5.74, 6) is 1.20. The SMILES string of the molecule is C=C1/C=C\[C@@H](C(C)C)CCC(=C)[C@@H](O)CC1. The summed E-state index contributed by atoms with van der Waals surface area (Å²) in [5.41, 5.74) is 2.09. The zero-order valence-corrected chi connectivity index (χ0v) is 10.6. The zero-order chi connectivity index (χ0) is 12.1. The van der Waals surface area contributed by atoms with Crippen molar-refractivity contribution in [2.75, 3.05) is 0 Å². The van der Waals surface area contributed by atoms with E-state index in [0.717, 1.165) is 36.8 Å². The molecule has 1 aliphatic rings. The first kappa shape index (κ1) is 13.2. The Hall–Kier alpha value is -0.820. The minimum Gasteiger partial charge on any atom is -0.389 e. The number of rotatable bonds is 1. The molecule has 0 aromatic rings. The van der Waals surface area contributed by atoms with E-state index in [0.29, 0.717) is 11.8 Å². The lowest BCUT2D eigenvalue weighted by Gasteiger charge is -2.21. The number of aliphatic hydroxyl groups excluding tert-OH is 1. The second-order valence-corrected chi connectivity index (χ2v) is 5.18. The van der Waals surface area contributed by atoms with E-state index in [1.165, 1.54) is 0 Å². The fourth-order valence-electron chi connectivity index (χ4n) is 2.04. The number of hydrogen-bond acceptors (Lipinski definition) is 1. The Kier molecular flexibility index (Phi) is 5.01. The minimum absolute atomic E-state index is 0.351. The van der Waals surface area contributed by atoms with E-state index in [-0.39, 0.29) is 6.10 Å². The molecule has 0 saturated heterocycles. The molecule has 0 spiro atoms. The highest BCUT2D eigenvalue weighted by Gasteiger charge is 2.15. The van der Waals surface area contributed by atoms with Crippen LogP contribution < -0.4 is 0 Å². The molecule has 0 aromatic heterocycles. The molecule has 1 N–H and O–H groups in total. The van der Waals surface area contributed by atoms with E-state index in [9.17, 15) is 5.11 Å². The Morgan fingerprint density at radius 1 is 1.25 bits per heavy atom. The summed E-state index contributed by atoms with van der Waals surface area (Å²) in [6, 6.07) is 0. The maximum atomic E-state index is 9.88. The van der Waals surface area contributed by atoms with Crippen LogP contribution in [0.4, 0.5) is 0 Å². The van der Waals surface area contributed by atoms with Gasteiger partial charge in [0.25, 0.3) is 0 Å². The molecule has 0 bridgehead atoms.